The molecule has 0 saturated carbocycles. The largest absolute Gasteiger partial charge is 0.490 e. The minimum absolute atomic E-state index is 0.0855. The molecule has 0 fully saturated rings. The Kier molecular flexibility index (Phi) is 6.56. The molecule has 0 spiro atoms. The summed E-state index contributed by atoms with van der Waals surface area (Å²) < 4.78 is 42.8. The minimum Gasteiger partial charge on any atom is -0.490 e. The molecule has 0 saturated heterocycles. The van der Waals surface area contributed by atoms with Crippen LogP contribution < -0.4 is 9.47 Å². The summed E-state index contributed by atoms with van der Waals surface area (Å²) in [5.41, 5.74) is 0. The third kappa shape index (κ3) is 4.67. The van der Waals surface area contributed by atoms with Crippen LogP contribution in [0.25, 0.3) is 0 Å². The predicted octanol–water partition coefficient (Wildman–Crippen LogP) is 3.56. The second kappa shape index (κ2) is 7.94. The third-order valence-corrected chi connectivity index (χ3v) is 2.50. The van der Waals surface area contributed by atoms with Gasteiger partial charge >= 0.3 is 0 Å². The van der Waals surface area contributed by atoms with Crippen molar-refractivity contribution in [1.29, 1.82) is 0 Å². The van der Waals surface area contributed by atoms with Gasteiger partial charge in [0.05, 0.1) is 13.2 Å². The molecule has 0 aliphatic carbocycles. The van der Waals surface area contributed by atoms with E-state index in [1.165, 1.54) is 19.2 Å². The van der Waals surface area contributed by atoms with Gasteiger partial charge in [0.15, 0.2) is 11.5 Å². The molecule has 1 aromatic rings. The smallest absolute Gasteiger partial charge is 0.204 e. The summed E-state index contributed by atoms with van der Waals surface area (Å²) in [7, 11) is 1.52. The highest BCUT2D eigenvalue weighted by atomic mass is 19.2. The van der Waals surface area contributed by atoms with Crippen LogP contribution >= 0.6 is 0 Å². The van der Waals surface area contributed by atoms with Crippen molar-refractivity contribution in [3.05, 3.63) is 23.8 Å². The third-order valence-electron chi connectivity index (χ3n) is 2.50. The van der Waals surface area contributed by atoms with Gasteiger partial charge in [0, 0.05) is 7.11 Å². The lowest BCUT2D eigenvalue weighted by atomic mass is 10.3. The molecule has 0 aliphatic heterocycles. The fraction of sp³-hybridized carbons (Fsp3) is 0.571. The Labute approximate surface area is 112 Å². The highest BCUT2D eigenvalue weighted by Crippen LogP contribution is 2.28. The maximum atomic E-state index is 13.8. The first kappa shape index (κ1) is 15.7. The van der Waals surface area contributed by atoms with E-state index in [0.717, 1.165) is 12.8 Å². The number of rotatable bonds is 8. The fourth-order valence-corrected chi connectivity index (χ4v) is 1.53. The van der Waals surface area contributed by atoms with Crippen LogP contribution in [-0.4, -0.2) is 26.4 Å². The summed E-state index contributed by atoms with van der Waals surface area (Å²) in [5, 5.41) is 0. The van der Waals surface area contributed by atoms with Gasteiger partial charge in [0.1, 0.15) is 6.10 Å². The Morgan fingerprint density at radius 1 is 1.16 bits per heavy atom. The Morgan fingerprint density at radius 2 is 1.79 bits per heavy atom. The summed E-state index contributed by atoms with van der Waals surface area (Å²) in [6, 6.07) is 2.74. The van der Waals surface area contributed by atoms with Gasteiger partial charge in [-0.15, -0.1) is 0 Å². The maximum absolute atomic E-state index is 13.8. The second-order valence-corrected chi connectivity index (χ2v) is 4.28. The molecule has 1 atom stereocenters. The lowest BCUT2D eigenvalue weighted by Gasteiger charge is -2.15. The summed E-state index contributed by atoms with van der Waals surface area (Å²) in [6.45, 7) is 4.38. The van der Waals surface area contributed by atoms with Crippen molar-refractivity contribution in [2.75, 3.05) is 20.3 Å². The van der Waals surface area contributed by atoms with Crippen LogP contribution in [0.5, 0.6) is 11.5 Å². The molecule has 5 heteroatoms. The number of unbranched alkanes of at least 4 members (excludes halogenated alkanes) is 1. The highest BCUT2D eigenvalue weighted by molar-refractivity contribution is 5.35. The lowest BCUT2D eigenvalue weighted by Crippen LogP contribution is -2.19. The van der Waals surface area contributed by atoms with Gasteiger partial charge in [-0.2, -0.15) is 8.78 Å². The van der Waals surface area contributed by atoms with Gasteiger partial charge in [-0.3, -0.25) is 0 Å². The van der Waals surface area contributed by atoms with Crippen molar-refractivity contribution in [2.24, 2.45) is 0 Å². The van der Waals surface area contributed by atoms with Crippen LogP contribution in [0.1, 0.15) is 26.7 Å². The standard InChI is InChI=1S/C14H20F2O3/c1-4-5-8-18-11-6-7-12(14(16)13(11)15)19-10(2)9-17-3/h6-7,10H,4-5,8-9H2,1-3H3. The van der Waals surface area contributed by atoms with E-state index < -0.39 is 11.6 Å². The zero-order valence-corrected chi connectivity index (χ0v) is 11.5. The molecule has 0 radical (unpaired) electrons. The van der Waals surface area contributed by atoms with Gasteiger partial charge < -0.3 is 14.2 Å². The second-order valence-electron chi connectivity index (χ2n) is 4.28. The minimum atomic E-state index is -1.03. The van der Waals surface area contributed by atoms with Crippen LogP contribution in [0.3, 0.4) is 0 Å². The molecule has 1 aromatic carbocycles. The average Bonchev–Trinajstić information content (AvgIpc) is 2.38. The first-order chi connectivity index (χ1) is 9.10. The van der Waals surface area contributed by atoms with E-state index in [4.69, 9.17) is 14.2 Å². The van der Waals surface area contributed by atoms with Gasteiger partial charge in [-0.25, -0.2) is 0 Å². The first-order valence-electron chi connectivity index (χ1n) is 6.36. The van der Waals surface area contributed by atoms with Crippen molar-refractivity contribution in [3.8, 4) is 11.5 Å². The summed E-state index contributed by atoms with van der Waals surface area (Å²) in [4.78, 5) is 0. The van der Waals surface area contributed by atoms with Crippen molar-refractivity contribution in [2.45, 2.75) is 32.8 Å². The Hall–Kier alpha value is -1.36. The first-order valence-corrected chi connectivity index (χ1v) is 6.36. The number of halogens is 2. The molecular formula is C14H20F2O3. The summed E-state index contributed by atoms with van der Waals surface area (Å²) >= 11 is 0. The predicted molar refractivity (Wildman–Crippen MR) is 68.7 cm³/mol. The normalized spacial score (nSPS) is 12.3. The van der Waals surface area contributed by atoms with Crippen LogP contribution in [0.2, 0.25) is 0 Å². The number of methoxy groups -OCH3 is 1. The van der Waals surface area contributed by atoms with Crippen molar-refractivity contribution in [1.82, 2.24) is 0 Å². The fourth-order valence-electron chi connectivity index (χ4n) is 1.53. The number of hydrogen-bond donors (Lipinski definition) is 0. The van der Waals surface area contributed by atoms with E-state index in [-0.39, 0.29) is 17.6 Å². The molecule has 1 unspecified atom stereocenters. The molecule has 0 bridgehead atoms. The molecule has 3 nitrogen and oxygen atoms in total. The monoisotopic (exact) mass is 274 g/mol. The van der Waals surface area contributed by atoms with Crippen LogP contribution in [-0.2, 0) is 4.74 Å². The van der Waals surface area contributed by atoms with E-state index >= 15 is 0 Å². The molecule has 0 aromatic heterocycles. The highest BCUT2D eigenvalue weighted by Gasteiger charge is 2.17. The Balaban J connectivity index is 2.73. The molecule has 0 aliphatic rings. The zero-order valence-electron chi connectivity index (χ0n) is 11.5. The van der Waals surface area contributed by atoms with Gasteiger partial charge in [-0.1, -0.05) is 13.3 Å². The number of benzene rings is 1. The van der Waals surface area contributed by atoms with Crippen LogP contribution in [0, 0.1) is 11.6 Å². The number of hydrogen-bond acceptors (Lipinski definition) is 3. The van der Waals surface area contributed by atoms with Gasteiger partial charge in [0.2, 0.25) is 11.6 Å². The maximum Gasteiger partial charge on any atom is 0.204 e. The van der Waals surface area contributed by atoms with Crippen LogP contribution in [0.4, 0.5) is 8.78 Å². The topological polar surface area (TPSA) is 27.7 Å². The molecule has 0 heterocycles. The van der Waals surface area contributed by atoms with E-state index in [1.807, 2.05) is 6.92 Å². The Morgan fingerprint density at radius 3 is 2.42 bits per heavy atom. The molecule has 19 heavy (non-hydrogen) atoms. The SMILES string of the molecule is CCCCOc1ccc(OC(C)COC)c(F)c1F. The molecule has 1 rings (SSSR count). The van der Waals surface area contributed by atoms with E-state index in [9.17, 15) is 8.78 Å². The molecule has 108 valence electrons. The van der Waals surface area contributed by atoms with Gasteiger partial charge in [-0.05, 0) is 25.5 Å². The quantitative estimate of drug-likeness (QED) is 0.678. The van der Waals surface area contributed by atoms with Crippen molar-refractivity contribution < 1.29 is 23.0 Å². The van der Waals surface area contributed by atoms with E-state index in [1.54, 1.807) is 6.92 Å². The summed E-state index contributed by atoms with van der Waals surface area (Å²) in [6.07, 6.45) is 1.37. The summed E-state index contributed by atoms with van der Waals surface area (Å²) in [5.74, 6) is -2.27. The van der Waals surface area contributed by atoms with Crippen molar-refractivity contribution >= 4 is 0 Å². The van der Waals surface area contributed by atoms with Gasteiger partial charge in [0.25, 0.3) is 0 Å². The van der Waals surface area contributed by atoms with Crippen LogP contribution in [0.15, 0.2) is 12.1 Å². The van der Waals surface area contributed by atoms with E-state index in [2.05, 4.69) is 0 Å². The molecular weight excluding hydrogens is 254 g/mol. The Bertz CT molecular complexity index is 397. The molecule has 0 N–H and O–H groups in total. The number of ether oxygens (including phenoxy) is 3. The zero-order chi connectivity index (χ0) is 14.3. The van der Waals surface area contributed by atoms with E-state index in [0.29, 0.717) is 13.2 Å². The lowest BCUT2D eigenvalue weighted by molar-refractivity contribution is 0.0885. The average molecular weight is 274 g/mol. The molecule has 0 amide bonds. The van der Waals surface area contributed by atoms with Crippen molar-refractivity contribution in [3.63, 3.8) is 0 Å².